The van der Waals surface area contributed by atoms with Gasteiger partial charge in [-0.05, 0) is 16.7 Å². The molecule has 1 aliphatic carbocycles. The molecular formula is C23H25NO3. The fraction of sp³-hybridized carbons (Fsp3) is 0.348. The van der Waals surface area contributed by atoms with Crippen molar-refractivity contribution in [3.63, 3.8) is 0 Å². The maximum Gasteiger partial charge on any atom is 0.309 e. The number of nitrogens with zero attached hydrogens (tertiary/aromatic N) is 1. The normalized spacial score (nSPS) is 27.3. The highest BCUT2D eigenvalue weighted by atomic mass is 16.5. The molecule has 2 aromatic rings. The highest BCUT2D eigenvalue weighted by Gasteiger charge is 2.51. The molecule has 0 spiro atoms. The summed E-state index contributed by atoms with van der Waals surface area (Å²) in [6, 6.07) is 20.6. The third-order valence-electron chi connectivity index (χ3n) is 5.90. The maximum absolute atomic E-state index is 12.5. The summed E-state index contributed by atoms with van der Waals surface area (Å²) in [5.74, 6) is -0.630. The Morgan fingerprint density at radius 1 is 1.11 bits per heavy atom. The fourth-order valence-electron chi connectivity index (χ4n) is 4.77. The summed E-state index contributed by atoms with van der Waals surface area (Å²) in [4.78, 5) is 14.9. The summed E-state index contributed by atoms with van der Waals surface area (Å²) in [6.07, 6.45) is 2.23. The van der Waals surface area contributed by atoms with E-state index < -0.39 is 0 Å². The van der Waals surface area contributed by atoms with Crippen LogP contribution in [-0.2, 0) is 16.1 Å². The molecular weight excluding hydrogens is 338 g/mol. The first-order valence-electron chi connectivity index (χ1n) is 9.46. The zero-order chi connectivity index (χ0) is 18.8. The van der Waals surface area contributed by atoms with Crippen molar-refractivity contribution in [2.24, 2.45) is 17.8 Å². The second-order valence-corrected chi connectivity index (χ2v) is 7.41. The van der Waals surface area contributed by atoms with E-state index in [9.17, 15) is 9.90 Å². The third kappa shape index (κ3) is 3.31. The van der Waals surface area contributed by atoms with Gasteiger partial charge < -0.3 is 9.84 Å². The summed E-state index contributed by atoms with van der Waals surface area (Å²) < 4.78 is 5.07. The Balaban J connectivity index is 1.73. The molecule has 27 heavy (non-hydrogen) atoms. The van der Waals surface area contributed by atoms with Gasteiger partial charge in [0.25, 0.3) is 0 Å². The number of fused-ring (bicyclic) bond motifs is 2. The van der Waals surface area contributed by atoms with Crippen LogP contribution >= 0.6 is 0 Å². The number of ether oxygens (including phenoxy) is 1. The van der Waals surface area contributed by atoms with Crippen molar-refractivity contribution in [1.82, 2.24) is 4.90 Å². The Morgan fingerprint density at radius 3 is 2.41 bits per heavy atom. The average Bonchev–Trinajstić information content (AvgIpc) is 2.73. The summed E-state index contributed by atoms with van der Waals surface area (Å²) in [7, 11) is 1.43. The van der Waals surface area contributed by atoms with Crippen LogP contribution in [-0.4, -0.2) is 42.3 Å². The monoisotopic (exact) mass is 363 g/mol. The van der Waals surface area contributed by atoms with Crippen LogP contribution in [0.15, 0.2) is 66.7 Å². The van der Waals surface area contributed by atoms with E-state index in [1.165, 1.54) is 18.2 Å². The first-order valence-corrected chi connectivity index (χ1v) is 9.46. The molecule has 4 heteroatoms. The average molecular weight is 363 g/mol. The van der Waals surface area contributed by atoms with Crippen LogP contribution in [0.2, 0.25) is 0 Å². The number of piperidine rings is 1. The first kappa shape index (κ1) is 18.0. The van der Waals surface area contributed by atoms with E-state index >= 15 is 0 Å². The van der Waals surface area contributed by atoms with E-state index in [0.29, 0.717) is 0 Å². The van der Waals surface area contributed by atoms with Gasteiger partial charge >= 0.3 is 5.97 Å². The number of methoxy groups -OCH3 is 1. The molecule has 4 unspecified atom stereocenters. The number of esters is 1. The molecule has 1 saturated heterocycles. The Hall–Kier alpha value is -2.43. The Morgan fingerprint density at radius 2 is 1.78 bits per heavy atom. The largest absolute Gasteiger partial charge is 0.469 e. The van der Waals surface area contributed by atoms with Crippen molar-refractivity contribution < 1.29 is 14.6 Å². The summed E-state index contributed by atoms with van der Waals surface area (Å²) in [5.41, 5.74) is 3.61. The van der Waals surface area contributed by atoms with Gasteiger partial charge in [0, 0.05) is 37.6 Å². The number of aliphatic hydroxyl groups is 1. The second kappa shape index (κ2) is 7.67. The number of hydrogen-bond acceptors (Lipinski definition) is 4. The van der Waals surface area contributed by atoms with Gasteiger partial charge in [0.15, 0.2) is 0 Å². The molecule has 4 atom stereocenters. The summed E-state index contributed by atoms with van der Waals surface area (Å²) in [6.45, 7) is 1.57. The molecule has 2 aromatic carbocycles. The van der Waals surface area contributed by atoms with Gasteiger partial charge in [0.05, 0.1) is 13.0 Å². The van der Waals surface area contributed by atoms with Crippen LogP contribution < -0.4 is 0 Å². The van der Waals surface area contributed by atoms with Crippen LogP contribution in [0.25, 0.3) is 5.57 Å². The van der Waals surface area contributed by atoms with Crippen LogP contribution in [0.3, 0.4) is 0 Å². The van der Waals surface area contributed by atoms with Crippen molar-refractivity contribution in [2.45, 2.75) is 12.6 Å². The molecule has 0 radical (unpaired) electrons. The predicted octanol–water partition coefficient (Wildman–Crippen LogP) is 2.98. The molecule has 0 saturated carbocycles. The lowest BCUT2D eigenvalue weighted by atomic mass is 9.65. The van der Waals surface area contributed by atoms with Crippen LogP contribution in [0.1, 0.15) is 11.1 Å². The molecule has 0 amide bonds. The molecule has 1 fully saturated rings. The fourth-order valence-corrected chi connectivity index (χ4v) is 4.77. The number of carbonyl (C=O) groups excluding carboxylic acids is 1. The number of benzene rings is 2. The predicted molar refractivity (Wildman–Crippen MR) is 105 cm³/mol. The van der Waals surface area contributed by atoms with Gasteiger partial charge in [-0.1, -0.05) is 66.7 Å². The topological polar surface area (TPSA) is 49.8 Å². The number of hydrogen-bond donors (Lipinski definition) is 1. The van der Waals surface area contributed by atoms with Crippen molar-refractivity contribution in [3.05, 3.63) is 77.9 Å². The molecule has 3 aliphatic rings. The quantitative estimate of drug-likeness (QED) is 0.830. The minimum Gasteiger partial charge on any atom is -0.469 e. The van der Waals surface area contributed by atoms with Crippen molar-refractivity contribution in [2.75, 3.05) is 20.3 Å². The number of carbonyl (C=O) groups is 1. The van der Waals surface area contributed by atoms with Gasteiger partial charge in [0.1, 0.15) is 0 Å². The lowest BCUT2D eigenvalue weighted by molar-refractivity contribution is -0.154. The minimum absolute atomic E-state index is 0.00768. The van der Waals surface area contributed by atoms with Gasteiger partial charge in [0.2, 0.25) is 0 Å². The maximum atomic E-state index is 12.5. The van der Waals surface area contributed by atoms with E-state index in [2.05, 4.69) is 35.2 Å². The Labute approximate surface area is 160 Å². The van der Waals surface area contributed by atoms with E-state index in [1.807, 2.05) is 36.4 Å². The highest BCUT2D eigenvalue weighted by molar-refractivity contribution is 5.79. The SMILES string of the molecule is COC(=O)C1C2C=C(c3ccccc3)C(C1CO)N(Cc1ccccc1)C2. The summed E-state index contributed by atoms with van der Waals surface area (Å²) >= 11 is 0. The minimum atomic E-state index is -0.288. The zero-order valence-electron chi connectivity index (χ0n) is 15.5. The molecule has 5 rings (SSSR count). The van der Waals surface area contributed by atoms with Crippen LogP contribution in [0.4, 0.5) is 0 Å². The molecule has 2 aliphatic heterocycles. The van der Waals surface area contributed by atoms with Gasteiger partial charge in [-0.2, -0.15) is 0 Å². The van der Waals surface area contributed by atoms with E-state index in [1.54, 1.807) is 0 Å². The van der Waals surface area contributed by atoms with Gasteiger partial charge in [-0.3, -0.25) is 9.69 Å². The smallest absolute Gasteiger partial charge is 0.309 e. The van der Waals surface area contributed by atoms with Crippen LogP contribution in [0.5, 0.6) is 0 Å². The van der Waals surface area contributed by atoms with Crippen molar-refractivity contribution in [3.8, 4) is 0 Å². The molecule has 1 N–H and O–H groups in total. The zero-order valence-corrected chi connectivity index (χ0v) is 15.5. The van der Waals surface area contributed by atoms with Gasteiger partial charge in [-0.25, -0.2) is 0 Å². The standard InChI is InChI=1S/C23H25NO3/c1-27-23(26)21-18-12-19(17-10-6-3-7-11-17)22(20(21)15-25)24(14-18)13-16-8-4-2-5-9-16/h2-12,18,20-22,25H,13-15H2,1H3. The molecule has 0 aromatic heterocycles. The molecule has 140 valence electrons. The Kier molecular flexibility index (Phi) is 5.10. The molecule has 2 bridgehead atoms. The number of aliphatic hydroxyl groups excluding tert-OH is 1. The van der Waals surface area contributed by atoms with Crippen molar-refractivity contribution in [1.29, 1.82) is 0 Å². The Bertz CT molecular complexity index is 818. The van der Waals surface area contributed by atoms with Crippen LogP contribution in [0, 0.1) is 17.8 Å². The first-order chi connectivity index (χ1) is 13.2. The van der Waals surface area contributed by atoms with E-state index in [0.717, 1.165) is 18.7 Å². The lowest BCUT2D eigenvalue weighted by Crippen LogP contribution is -2.59. The molecule has 4 nitrogen and oxygen atoms in total. The second-order valence-electron chi connectivity index (χ2n) is 7.41. The van der Waals surface area contributed by atoms with E-state index in [-0.39, 0.29) is 36.4 Å². The van der Waals surface area contributed by atoms with E-state index in [4.69, 9.17) is 4.74 Å². The summed E-state index contributed by atoms with van der Waals surface area (Å²) in [5, 5.41) is 10.2. The van der Waals surface area contributed by atoms with Crippen molar-refractivity contribution >= 4 is 11.5 Å². The third-order valence-corrected chi connectivity index (χ3v) is 5.90. The highest BCUT2D eigenvalue weighted by Crippen LogP contribution is 2.46. The lowest BCUT2D eigenvalue weighted by Gasteiger charge is -2.52. The molecule has 2 heterocycles. The number of rotatable bonds is 5. The van der Waals surface area contributed by atoms with Gasteiger partial charge in [-0.15, -0.1) is 0 Å².